The molecule has 1 N–H and O–H groups in total. The van der Waals surface area contributed by atoms with Gasteiger partial charge in [0.2, 0.25) is 5.91 Å². The van der Waals surface area contributed by atoms with E-state index in [0.29, 0.717) is 17.5 Å². The third kappa shape index (κ3) is 3.80. The highest BCUT2D eigenvalue weighted by molar-refractivity contribution is 6.30. The van der Waals surface area contributed by atoms with Crippen molar-refractivity contribution in [3.63, 3.8) is 0 Å². The first kappa shape index (κ1) is 18.8. The molecule has 0 unspecified atom stereocenters. The fraction of sp³-hybridized carbons (Fsp3) is 0.273. The Morgan fingerprint density at radius 3 is 2.93 bits per heavy atom. The van der Waals surface area contributed by atoms with Gasteiger partial charge >= 0.3 is 0 Å². The van der Waals surface area contributed by atoms with Gasteiger partial charge in [0.15, 0.2) is 5.65 Å². The lowest BCUT2D eigenvalue weighted by Gasteiger charge is -2.08. The van der Waals surface area contributed by atoms with E-state index in [2.05, 4.69) is 26.6 Å². The molecule has 30 heavy (non-hydrogen) atoms. The summed E-state index contributed by atoms with van der Waals surface area (Å²) in [5.41, 5.74) is 4.75. The van der Waals surface area contributed by atoms with Crippen molar-refractivity contribution in [2.24, 2.45) is 0 Å². The Labute approximate surface area is 178 Å². The third-order valence-corrected chi connectivity index (χ3v) is 5.50. The van der Waals surface area contributed by atoms with Gasteiger partial charge in [-0.2, -0.15) is 10.2 Å². The Hall–Kier alpha value is -3.19. The average molecular weight is 421 g/mol. The van der Waals surface area contributed by atoms with Gasteiger partial charge in [0.25, 0.3) is 0 Å². The molecule has 0 radical (unpaired) electrons. The van der Waals surface area contributed by atoms with Crippen molar-refractivity contribution >= 4 is 34.2 Å². The van der Waals surface area contributed by atoms with Gasteiger partial charge in [0, 0.05) is 23.5 Å². The predicted molar refractivity (Wildman–Crippen MR) is 116 cm³/mol. The number of halogens is 1. The molecule has 7 nitrogen and oxygen atoms in total. The number of nitrogens with one attached hydrogen (secondary N) is 1. The molecule has 4 aromatic rings. The van der Waals surface area contributed by atoms with Crippen LogP contribution in [-0.2, 0) is 17.9 Å². The summed E-state index contributed by atoms with van der Waals surface area (Å²) in [5.74, 6) is 0.463. The molecular weight excluding hydrogens is 400 g/mol. The molecule has 0 spiro atoms. The van der Waals surface area contributed by atoms with Crippen molar-refractivity contribution in [2.45, 2.75) is 38.8 Å². The van der Waals surface area contributed by atoms with Gasteiger partial charge in [0.05, 0.1) is 23.5 Å². The van der Waals surface area contributed by atoms with E-state index in [4.69, 9.17) is 11.6 Å². The van der Waals surface area contributed by atoms with Crippen LogP contribution >= 0.6 is 11.6 Å². The van der Waals surface area contributed by atoms with Gasteiger partial charge in [-0.3, -0.25) is 9.48 Å². The van der Waals surface area contributed by atoms with Crippen LogP contribution in [0.25, 0.3) is 11.0 Å². The maximum Gasteiger partial charge on any atom is 0.246 e. The SMILES string of the molecule is Cc1nn(CC(=O)Nc2cccc(Cn3cc(Cl)cn3)c2)c2nccc(C3CC3)c12. The maximum absolute atomic E-state index is 12.7. The minimum Gasteiger partial charge on any atom is -0.324 e. The standard InChI is InChI=1S/C22H21ClN6O/c1-14-21-19(16-5-6-16)7-8-24-22(21)29(27-14)13-20(30)26-18-4-2-3-15(9-18)11-28-12-17(23)10-25-28/h2-4,7-10,12,16H,5-6,11,13H2,1H3,(H,26,30). The number of hydrogen-bond acceptors (Lipinski definition) is 4. The Kier molecular flexibility index (Phi) is 4.75. The molecule has 152 valence electrons. The summed E-state index contributed by atoms with van der Waals surface area (Å²) in [7, 11) is 0. The van der Waals surface area contributed by atoms with Crippen LogP contribution in [0, 0.1) is 6.92 Å². The molecule has 1 saturated carbocycles. The number of pyridine rings is 1. The number of amides is 1. The number of hydrogen-bond donors (Lipinski definition) is 1. The van der Waals surface area contributed by atoms with E-state index < -0.39 is 0 Å². The zero-order chi connectivity index (χ0) is 20.7. The normalized spacial score (nSPS) is 13.7. The van der Waals surface area contributed by atoms with E-state index >= 15 is 0 Å². The second-order valence-electron chi connectivity index (χ2n) is 7.72. The van der Waals surface area contributed by atoms with Crippen LogP contribution in [-0.4, -0.2) is 30.5 Å². The average Bonchev–Trinajstić information content (AvgIpc) is 3.42. The zero-order valence-corrected chi connectivity index (χ0v) is 17.3. The van der Waals surface area contributed by atoms with E-state index in [0.717, 1.165) is 28.0 Å². The first-order valence-corrected chi connectivity index (χ1v) is 10.3. The van der Waals surface area contributed by atoms with Crippen LogP contribution in [0.2, 0.25) is 5.02 Å². The lowest BCUT2D eigenvalue weighted by Crippen LogP contribution is -2.20. The van der Waals surface area contributed by atoms with Gasteiger partial charge in [-0.25, -0.2) is 9.67 Å². The summed E-state index contributed by atoms with van der Waals surface area (Å²) in [4.78, 5) is 17.2. The molecule has 1 aliphatic carbocycles. The number of aromatic nitrogens is 5. The summed E-state index contributed by atoms with van der Waals surface area (Å²) in [6.45, 7) is 2.67. The maximum atomic E-state index is 12.7. The molecular formula is C22H21ClN6O. The Bertz CT molecular complexity index is 1240. The summed E-state index contributed by atoms with van der Waals surface area (Å²) >= 11 is 5.92. The highest BCUT2D eigenvalue weighted by Gasteiger charge is 2.27. The Morgan fingerprint density at radius 2 is 2.17 bits per heavy atom. The second kappa shape index (κ2) is 7.57. The smallest absolute Gasteiger partial charge is 0.246 e. The molecule has 1 amide bonds. The number of aryl methyl sites for hydroxylation is 1. The van der Waals surface area contributed by atoms with Crippen LogP contribution in [0.3, 0.4) is 0 Å². The number of carbonyl (C=O) groups excluding carboxylic acids is 1. The van der Waals surface area contributed by atoms with Gasteiger partial charge in [-0.1, -0.05) is 23.7 Å². The Morgan fingerprint density at radius 1 is 1.30 bits per heavy atom. The summed E-state index contributed by atoms with van der Waals surface area (Å²) in [6, 6.07) is 9.78. The topological polar surface area (TPSA) is 77.6 Å². The van der Waals surface area contributed by atoms with Crippen molar-refractivity contribution in [1.82, 2.24) is 24.5 Å². The number of nitrogens with zero attached hydrogens (tertiary/aromatic N) is 5. The van der Waals surface area contributed by atoms with Gasteiger partial charge in [-0.15, -0.1) is 0 Å². The van der Waals surface area contributed by atoms with Crippen molar-refractivity contribution in [3.05, 3.63) is 70.8 Å². The van der Waals surface area contributed by atoms with Gasteiger partial charge in [-0.05, 0) is 55.0 Å². The fourth-order valence-electron chi connectivity index (χ4n) is 3.85. The molecule has 5 rings (SSSR count). The van der Waals surface area contributed by atoms with Crippen LogP contribution in [0.5, 0.6) is 0 Å². The van der Waals surface area contributed by atoms with Crippen LogP contribution in [0.1, 0.15) is 35.6 Å². The second-order valence-corrected chi connectivity index (χ2v) is 8.16. The lowest BCUT2D eigenvalue weighted by atomic mass is 10.1. The fourth-order valence-corrected chi connectivity index (χ4v) is 4.01. The van der Waals surface area contributed by atoms with Crippen molar-refractivity contribution in [2.75, 3.05) is 5.32 Å². The van der Waals surface area contributed by atoms with E-state index in [9.17, 15) is 4.79 Å². The predicted octanol–water partition coefficient (Wildman–Crippen LogP) is 4.15. The molecule has 8 heteroatoms. The number of rotatable bonds is 6. The molecule has 0 aliphatic heterocycles. The van der Waals surface area contributed by atoms with E-state index in [1.54, 1.807) is 21.8 Å². The molecule has 0 saturated heterocycles. The van der Waals surface area contributed by atoms with E-state index in [1.807, 2.05) is 37.4 Å². The highest BCUT2D eigenvalue weighted by Crippen LogP contribution is 2.43. The molecule has 1 fully saturated rings. The first-order chi connectivity index (χ1) is 14.6. The lowest BCUT2D eigenvalue weighted by molar-refractivity contribution is -0.116. The Balaban J connectivity index is 1.32. The largest absolute Gasteiger partial charge is 0.324 e. The molecule has 0 bridgehead atoms. The molecule has 0 atom stereocenters. The summed E-state index contributed by atoms with van der Waals surface area (Å²) in [6.07, 6.45) is 7.61. The van der Waals surface area contributed by atoms with E-state index in [1.165, 1.54) is 18.4 Å². The minimum absolute atomic E-state index is 0.116. The highest BCUT2D eigenvalue weighted by atomic mass is 35.5. The zero-order valence-electron chi connectivity index (χ0n) is 16.5. The quantitative estimate of drug-likeness (QED) is 0.508. The number of benzene rings is 1. The third-order valence-electron chi connectivity index (χ3n) is 5.31. The van der Waals surface area contributed by atoms with Gasteiger partial charge in [0.1, 0.15) is 6.54 Å². The van der Waals surface area contributed by atoms with Crippen LogP contribution < -0.4 is 5.32 Å². The van der Waals surface area contributed by atoms with Crippen molar-refractivity contribution in [1.29, 1.82) is 0 Å². The minimum atomic E-state index is -0.141. The van der Waals surface area contributed by atoms with Crippen molar-refractivity contribution in [3.8, 4) is 0 Å². The first-order valence-electron chi connectivity index (χ1n) is 9.95. The molecule has 1 aliphatic rings. The molecule has 1 aromatic carbocycles. The monoisotopic (exact) mass is 420 g/mol. The number of anilines is 1. The molecule has 3 heterocycles. The van der Waals surface area contributed by atoms with Crippen LogP contribution in [0.15, 0.2) is 48.9 Å². The number of carbonyl (C=O) groups is 1. The summed E-state index contributed by atoms with van der Waals surface area (Å²) < 4.78 is 3.45. The van der Waals surface area contributed by atoms with E-state index in [-0.39, 0.29) is 12.5 Å². The number of fused-ring (bicyclic) bond motifs is 1. The van der Waals surface area contributed by atoms with Crippen LogP contribution in [0.4, 0.5) is 5.69 Å². The van der Waals surface area contributed by atoms with Crippen molar-refractivity contribution < 1.29 is 4.79 Å². The molecule has 3 aromatic heterocycles. The van der Waals surface area contributed by atoms with Gasteiger partial charge < -0.3 is 5.32 Å². The summed E-state index contributed by atoms with van der Waals surface area (Å²) in [5, 5.41) is 13.4.